The van der Waals surface area contributed by atoms with Crippen LogP contribution < -0.4 is 9.62 Å². The summed E-state index contributed by atoms with van der Waals surface area (Å²) < 4.78 is 65.3. The monoisotopic (exact) mass is 587 g/mol. The molecular formula is C27H33ClF3N3O4S. The van der Waals surface area contributed by atoms with E-state index in [1.165, 1.54) is 11.0 Å². The highest BCUT2D eigenvalue weighted by Gasteiger charge is 2.32. The molecule has 39 heavy (non-hydrogen) atoms. The van der Waals surface area contributed by atoms with Gasteiger partial charge >= 0.3 is 6.18 Å². The van der Waals surface area contributed by atoms with Crippen LogP contribution in [0.25, 0.3) is 0 Å². The highest BCUT2D eigenvalue weighted by atomic mass is 35.5. The van der Waals surface area contributed by atoms with Crippen molar-refractivity contribution in [1.82, 2.24) is 10.2 Å². The zero-order chi connectivity index (χ0) is 28.8. The number of carbonyl (C=O) groups excluding carboxylic acids is 2. The molecular weight excluding hydrogens is 555 g/mol. The Kier molecular flexibility index (Phi) is 10.3. The van der Waals surface area contributed by atoms with Crippen LogP contribution in [0, 0.1) is 0 Å². The molecule has 3 rings (SSSR count). The standard InChI is InChI=1S/C27H33ClF3N3O4S/c1-19(26(36)32-23-11-3-4-12-23)33(18-20-8-5-10-22(28)16-20)25(35)14-7-15-34(39(2,37)38)24-13-6-9-21(17-24)27(29,30)31/h5-6,8-10,13,16-17,19,23H,3-4,7,11-12,14-15,18H2,1-2H3,(H,32,36)/t19-/m0/s1. The molecule has 7 nitrogen and oxygen atoms in total. The van der Waals surface area contributed by atoms with Crippen molar-refractivity contribution in [2.45, 2.75) is 70.3 Å². The minimum atomic E-state index is -4.63. The molecule has 1 atom stereocenters. The van der Waals surface area contributed by atoms with Gasteiger partial charge in [0, 0.05) is 30.6 Å². The average molecular weight is 588 g/mol. The lowest BCUT2D eigenvalue weighted by molar-refractivity contribution is -0.141. The Morgan fingerprint density at radius 3 is 2.38 bits per heavy atom. The maximum absolute atomic E-state index is 13.4. The Balaban J connectivity index is 1.74. The van der Waals surface area contributed by atoms with Crippen LogP contribution in [0.15, 0.2) is 48.5 Å². The maximum atomic E-state index is 13.4. The summed E-state index contributed by atoms with van der Waals surface area (Å²) in [4.78, 5) is 27.8. The molecule has 1 aliphatic carbocycles. The summed E-state index contributed by atoms with van der Waals surface area (Å²) in [5, 5.41) is 3.49. The number of nitrogens with one attached hydrogen (secondary N) is 1. The number of hydrogen-bond donors (Lipinski definition) is 1. The summed E-state index contributed by atoms with van der Waals surface area (Å²) in [7, 11) is -3.93. The number of rotatable bonds is 11. The van der Waals surface area contributed by atoms with E-state index in [4.69, 9.17) is 11.6 Å². The summed E-state index contributed by atoms with van der Waals surface area (Å²) in [6, 6.07) is 10.2. The van der Waals surface area contributed by atoms with Crippen molar-refractivity contribution in [2.75, 3.05) is 17.1 Å². The van der Waals surface area contributed by atoms with Crippen molar-refractivity contribution in [3.05, 3.63) is 64.7 Å². The van der Waals surface area contributed by atoms with Gasteiger partial charge in [0.05, 0.1) is 17.5 Å². The van der Waals surface area contributed by atoms with Crippen molar-refractivity contribution in [3.8, 4) is 0 Å². The van der Waals surface area contributed by atoms with E-state index in [-0.39, 0.29) is 49.5 Å². The fourth-order valence-electron chi connectivity index (χ4n) is 4.65. The molecule has 0 aliphatic heterocycles. The van der Waals surface area contributed by atoms with Crippen molar-refractivity contribution in [1.29, 1.82) is 0 Å². The Hall–Kier alpha value is -2.79. The second kappa shape index (κ2) is 13.0. The first-order chi connectivity index (χ1) is 18.3. The van der Waals surface area contributed by atoms with Crippen LogP contribution >= 0.6 is 11.6 Å². The van der Waals surface area contributed by atoms with E-state index >= 15 is 0 Å². The predicted molar refractivity (Wildman–Crippen MR) is 145 cm³/mol. The first kappa shape index (κ1) is 30.7. The summed E-state index contributed by atoms with van der Waals surface area (Å²) in [5.74, 6) is -0.666. The molecule has 0 bridgehead atoms. The molecule has 12 heteroatoms. The van der Waals surface area contributed by atoms with Crippen molar-refractivity contribution in [3.63, 3.8) is 0 Å². The number of sulfonamides is 1. The molecule has 0 heterocycles. The van der Waals surface area contributed by atoms with Gasteiger partial charge < -0.3 is 10.2 Å². The second-order valence-corrected chi connectivity index (χ2v) is 12.1. The average Bonchev–Trinajstić information content (AvgIpc) is 3.36. The van der Waals surface area contributed by atoms with Crippen molar-refractivity contribution in [2.24, 2.45) is 0 Å². The van der Waals surface area contributed by atoms with Gasteiger partial charge in [-0.25, -0.2) is 8.42 Å². The van der Waals surface area contributed by atoms with Crippen LogP contribution in [-0.2, 0) is 32.3 Å². The topological polar surface area (TPSA) is 86.8 Å². The molecule has 2 aromatic rings. The summed E-state index contributed by atoms with van der Waals surface area (Å²) in [6.07, 6.45) is 0.0223. The van der Waals surface area contributed by atoms with Crippen LogP contribution in [0.1, 0.15) is 56.6 Å². The van der Waals surface area contributed by atoms with Gasteiger partial charge in [0.2, 0.25) is 21.8 Å². The Morgan fingerprint density at radius 2 is 1.77 bits per heavy atom. The van der Waals surface area contributed by atoms with E-state index in [0.29, 0.717) is 5.02 Å². The van der Waals surface area contributed by atoms with Gasteiger partial charge in [-0.2, -0.15) is 13.2 Å². The summed E-state index contributed by atoms with van der Waals surface area (Å²) in [5.41, 5.74) is -0.391. The third-order valence-electron chi connectivity index (χ3n) is 6.72. The van der Waals surface area contributed by atoms with Crippen molar-refractivity contribution < 1.29 is 31.2 Å². The quantitative estimate of drug-likeness (QED) is 0.382. The molecule has 0 radical (unpaired) electrons. The fourth-order valence-corrected chi connectivity index (χ4v) is 5.82. The molecule has 2 aromatic carbocycles. The molecule has 1 N–H and O–H groups in total. The van der Waals surface area contributed by atoms with Crippen LogP contribution in [-0.4, -0.2) is 50.0 Å². The number of alkyl halides is 3. The van der Waals surface area contributed by atoms with Gasteiger partial charge in [-0.1, -0.05) is 42.6 Å². The number of carbonyl (C=O) groups is 2. The maximum Gasteiger partial charge on any atom is 0.416 e. The minimum Gasteiger partial charge on any atom is -0.352 e. The van der Waals surface area contributed by atoms with E-state index in [1.807, 2.05) is 0 Å². The lowest BCUT2D eigenvalue weighted by atomic mass is 10.1. The first-order valence-corrected chi connectivity index (χ1v) is 15.0. The zero-order valence-corrected chi connectivity index (χ0v) is 23.5. The van der Waals surface area contributed by atoms with E-state index < -0.39 is 27.8 Å². The smallest absolute Gasteiger partial charge is 0.352 e. The molecule has 0 spiro atoms. The molecule has 0 unspecified atom stereocenters. The third kappa shape index (κ3) is 8.86. The first-order valence-electron chi connectivity index (χ1n) is 12.7. The largest absolute Gasteiger partial charge is 0.416 e. The van der Waals surface area contributed by atoms with Crippen LogP contribution in [0.3, 0.4) is 0 Å². The predicted octanol–water partition coefficient (Wildman–Crippen LogP) is 5.38. The summed E-state index contributed by atoms with van der Waals surface area (Å²) in [6.45, 7) is 1.54. The van der Waals surface area contributed by atoms with Gasteiger partial charge in [0.25, 0.3) is 0 Å². The van der Waals surface area contributed by atoms with E-state index in [1.54, 1.807) is 31.2 Å². The minimum absolute atomic E-state index is 0.0329. The van der Waals surface area contributed by atoms with Gasteiger partial charge in [0.15, 0.2) is 0 Å². The molecule has 1 saturated carbocycles. The highest BCUT2D eigenvalue weighted by molar-refractivity contribution is 7.92. The molecule has 1 fully saturated rings. The van der Waals surface area contributed by atoms with Crippen LogP contribution in [0.4, 0.5) is 18.9 Å². The number of nitrogens with zero attached hydrogens (tertiary/aromatic N) is 2. The molecule has 0 aromatic heterocycles. The van der Waals surface area contributed by atoms with Gasteiger partial charge in [-0.05, 0) is 62.1 Å². The lowest BCUT2D eigenvalue weighted by Crippen LogP contribution is -2.49. The van der Waals surface area contributed by atoms with E-state index in [2.05, 4.69) is 5.32 Å². The zero-order valence-electron chi connectivity index (χ0n) is 21.9. The highest BCUT2D eigenvalue weighted by Crippen LogP contribution is 2.32. The summed E-state index contributed by atoms with van der Waals surface area (Å²) >= 11 is 6.11. The number of anilines is 1. The Morgan fingerprint density at radius 1 is 1.10 bits per heavy atom. The SMILES string of the molecule is C[C@@H](C(=O)NC1CCCC1)N(Cc1cccc(Cl)c1)C(=O)CCCN(c1cccc(C(F)(F)F)c1)S(C)(=O)=O. The van der Waals surface area contributed by atoms with Crippen LogP contribution in [0.5, 0.6) is 0 Å². The van der Waals surface area contributed by atoms with E-state index in [9.17, 15) is 31.2 Å². The van der Waals surface area contributed by atoms with Gasteiger partial charge in [0.1, 0.15) is 6.04 Å². The number of halogens is 4. The Bertz CT molecular complexity index is 1270. The number of benzene rings is 2. The van der Waals surface area contributed by atoms with Gasteiger partial charge in [-0.15, -0.1) is 0 Å². The van der Waals surface area contributed by atoms with Crippen LogP contribution in [0.2, 0.25) is 5.02 Å². The third-order valence-corrected chi connectivity index (χ3v) is 8.15. The number of amides is 2. The lowest BCUT2D eigenvalue weighted by Gasteiger charge is -2.30. The molecule has 214 valence electrons. The fraction of sp³-hybridized carbons (Fsp3) is 0.481. The normalized spacial score (nSPS) is 15.1. The van der Waals surface area contributed by atoms with Gasteiger partial charge in [-0.3, -0.25) is 13.9 Å². The number of hydrogen-bond acceptors (Lipinski definition) is 4. The second-order valence-electron chi connectivity index (χ2n) is 9.80. The van der Waals surface area contributed by atoms with E-state index in [0.717, 1.165) is 60.0 Å². The molecule has 0 saturated heterocycles. The molecule has 2 amide bonds. The molecule has 1 aliphatic rings. The van der Waals surface area contributed by atoms with Crippen molar-refractivity contribution >= 4 is 39.1 Å². The Labute approximate surface area is 232 Å².